The zero-order chi connectivity index (χ0) is 24.9. The first-order valence-corrected chi connectivity index (χ1v) is 11.5. The molecule has 0 saturated carbocycles. The second-order valence-electron chi connectivity index (χ2n) is 7.59. The summed E-state index contributed by atoms with van der Waals surface area (Å²) in [4.78, 5) is 32.9. The van der Waals surface area contributed by atoms with Gasteiger partial charge >= 0.3 is 12.1 Å². The van der Waals surface area contributed by atoms with E-state index in [2.05, 4.69) is 9.98 Å². The molecule has 11 heteroatoms. The molecule has 1 atom stereocenters. The lowest BCUT2D eigenvalue weighted by Crippen LogP contribution is -2.22. The highest BCUT2D eigenvalue weighted by atomic mass is 32.1. The van der Waals surface area contributed by atoms with E-state index in [1.54, 1.807) is 25.4 Å². The highest BCUT2D eigenvalue weighted by molar-refractivity contribution is 7.16. The van der Waals surface area contributed by atoms with Gasteiger partial charge in [0.05, 0.1) is 27.5 Å². The van der Waals surface area contributed by atoms with Crippen LogP contribution in [0.3, 0.4) is 0 Å². The number of pyridine rings is 1. The maximum Gasteiger partial charge on any atom is 0.416 e. The van der Waals surface area contributed by atoms with Crippen molar-refractivity contribution in [2.75, 3.05) is 6.61 Å². The Morgan fingerprint density at radius 3 is 2.71 bits per heavy atom. The van der Waals surface area contributed by atoms with E-state index in [0.717, 1.165) is 41.3 Å². The lowest BCUT2D eigenvalue weighted by Gasteiger charge is -2.16. The van der Waals surface area contributed by atoms with E-state index < -0.39 is 29.7 Å². The first-order valence-electron chi connectivity index (χ1n) is 10.6. The molecule has 3 aromatic rings. The fourth-order valence-electron chi connectivity index (χ4n) is 3.21. The lowest BCUT2D eigenvalue weighted by atomic mass is 10.1. The number of carbonyl (C=O) groups is 2. The van der Waals surface area contributed by atoms with Gasteiger partial charge in [-0.25, -0.2) is 0 Å². The van der Waals surface area contributed by atoms with Crippen molar-refractivity contribution in [1.82, 2.24) is 9.55 Å². The number of carbonyl (C=O) groups excluding carboxylic acids is 2. The van der Waals surface area contributed by atoms with E-state index in [1.165, 1.54) is 18.3 Å². The van der Waals surface area contributed by atoms with Crippen LogP contribution in [0.4, 0.5) is 13.2 Å². The summed E-state index contributed by atoms with van der Waals surface area (Å²) in [5.74, 6) is -1.47. The smallest absolute Gasteiger partial charge is 0.416 e. The number of alkyl halides is 3. The molecule has 0 bridgehead atoms. The van der Waals surface area contributed by atoms with Gasteiger partial charge < -0.3 is 14.0 Å². The van der Waals surface area contributed by atoms with Crippen LogP contribution in [-0.2, 0) is 22.3 Å². The molecule has 0 fully saturated rings. The molecule has 34 heavy (non-hydrogen) atoms. The number of unbranched alkanes of at least 4 members (excludes halogenated alkanes) is 1. The van der Waals surface area contributed by atoms with E-state index in [-0.39, 0.29) is 17.9 Å². The third kappa shape index (κ3) is 6.22. The summed E-state index contributed by atoms with van der Waals surface area (Å²) in [7, 11) is 0. The van der Waals surface area contributed by atoms with Crippen LogP contribution in [0, 0.1) is 0 Å². The molecule has 1 amide bonds. The van der Waals surface area contributed by atoms with Gasteiger partial charge in [0.25, 0.3) is 5.91 Å². The third-order valence-electron chi connectivity index (χ3n) is 4.79. The first kappa shape index (κ1) is 25.4. The summed E-state index contributed by atoms with van der Waals surface area (Å²) < 4.78 is 53.2. The Balaban J connectivity index is 2.04. The van der Waals surface area contributed by atoms with Crippen molar-refractivity contribution in [2.24, 2.45) is 4.99 Å². The van der Waals surface area contributed by atoms with Crippen molar-refractivity contribution in [3.05, 3.63) is 52.6 Å². The standard InChI is InChI=1S/C23H24F3N3O4S/c1-4-5-10-29-18-12-27-9-8-20(18)34-22(29)28-21(31)17-11-16(23(24,25)26)6-7-19(17)32-13-14(2)33-15(3)30/h6-9,11-12,14H,4-5,10,13H2,1-3H3/b28-22-/t14-/m0/s1. The minimum atomic E-state index is -4.65. The molecule has 0 unspecified atom stereocenters. The summed E-state index contributed by atoms with van der Waals surface area (Å²) in [6.07, 6.45) is -0.287. The number of fused-ring (bicyclic) bond motifs is 1. The van der Waals surface area contributed by atoms with Gasteiger partial charge in [-0.05, 0) is 37.6 Å². The van der Waals surface area contributed by atoms with Crippen LogP contribution in [0.1, 0.15) is 49.5 Å². The number of rotatable bonds is 8. The van der Waals surface area contributed by atoms with Gasteiger partial charge in [-0.15, -0.1) is 0 Å². The SMILES string of the molecule is CCCCn1/c(=N/C(=O)c2cc(C(F)(F)F)ccc2OC[C@H](C)OC(C)=O)sc2ccncc21. The third-order valence-corrected chi connectivity index (χ3v) is 5.85. The van der Waals surface area contributed by atoms with Crippen LogP contribution in [-0.4, -0.2) is 34.1 Å². The van der Waals surface area contributed by atoms with E-state index in [4.69, 9.17) is 9.47 Å². The molecular formula is C23H24F3N3O4S. The monoisotopic (exact) mass is 495 g/mol. The largest absolute Gasteiger partial charge is 0.489 e. The van der Waals surface area contributed by atoms with E-state index in [9.17, 15) is 22.8 Å². The van der Waals surface area contributed by atoms with Crippen molar-refractivity contribution in [1.29, 1.82) is 0 Å². The molecule has 0 radical (unpaired) electrons. The van der Waals surface area contributed by atoms with Gasteiger partial charge in [0, 0.05) is 19.7 Å². The van der Waals surface area contributed by atoms with Crippen molar-refractivity contribution in [3.63, 3.8) is 0 Å². The molecule has 2 aromatic heterocycles. The minimum Gasteiger partial charge on any atom is -0.489 e. The molecule has 2 heterocycles. The number of aromatic nitrogens is 2. The molecule has 0 saturated heterocycles. The zero-order valence-corrected chi connectivity index (χ0v) is 19.7. The fraction of sp³-hybridized carbons (Fsp3) is 0.391. The Bertz CT molecular complexity index is 1250. The topological polar surface area (TPSA) is 82.8 Å². The van der Waals surface area contributed by atoms with Crippen LogP contribution < -0.4 is 9.54 Å². The van der Waals surface area contributed by atoms with Gasteiger partial charge in [0.15, 0.2) is 4.80 Å². The van der Waals surface area contributed by atoms with E-state index >= 15 is 0 Å². The Hall–Kier alpha value is -3.21. The van der Waals surface area contributed by atoms with Crippen LogP contribution in [0.5, 0.6) is 5.75 Å². The number of ether oxygens (including phenoxy) is 2. The van der Waals surface area contributed by atoms with Gasteiger partial charge in [0.1, 0.15) is 18.5 Å². The van der Waals surface area contributed by atoms with Crippen LogP contribution in [0.15, 0.2) is 41.7 Å². The highest BCUT2D eigenvalue weighted by Gasteiger charge is 2.32. The average molecular weight is 496 g/mol. The van der Waals surface area contributed by atoms with Crippen LogP contribution in [0.25, 0.3) is 10.2 Å². The number of amides is 1. The predicted octanol–water partition coefficient (Wildman–Crippen LogP) is 4.99. The van der Waals surface area contributed by atoms with Crippen molar-refractivity contribution in [2.45, 2.75) is 52.4 Å². The van der Waals surface area contributed by atoms with E-state index in [0.29, 0.717) is 11.3 Å². The number of nitrogens with zero attached hydrogens (tertiary/aromatic N) is 3. The number of thiazole rings is 1. The average Bonchev–Trinajstić information content (AvgIpc) is 3.11. The quantitative estimate of drug-likeness (QED) is 0.411. The molecule has 7 nitrogen and oxygen atoms in total. The maximum absolute atomic E-state index is 13.3. The van der Waals surface area contributed by atoms with Crippen molar-refractivity contribution >= 4 is 33.4 Å². The second kappa shape index (κ2) is 10.8. The molecular weight excluding hydrogens is 471 g/mol. The summed E-state index contributed by atoms with van der Waals surface area (Å²) in [6.45, 7) is 5.27. The molecule has 3 rings (SSSR count). The second-order valence-corrected chi connectivity index (χ2v) is 8.60. The number of esters is 1. The Morgan fingerprint density at radius 2 is 2.03 bits per heavy atom. The van der Waals surface area contributed by atoms with Crippen molar-refractivity contribution in [3.8, 4) is 5.75 Å². The maximum atomic E-state index is 13.3. The Morgan fingerprint density at radius 1 is 1.26 bits per heavy atom. The number of hydrogen-bond acceptors (Lipinski definition) is 6. The molecule has 0 aliphatic carbocycles. The summed E-state index contributed by atoms with van der Waals surface area (Å²) in [5, 5.41) is 0. The summed E-state index contributed by atoms with van der Waals surface area (Å²) >= 11 is 1.25. The van der Waals surface area contributed by atoms with Crippen LogP contribution in [0.2, 0.25) is 0 Å². The fourth-order valence-corrected chi connectivity index (χ4v) is 4.23. The Labute approximate surface area is 197 Å². The van der Waals surface area contributed by atoms with Crippen LogP contribution >= 0.6 is 11.3 Å². The number of hydrogen-bond donors (Lipinski definition) is 0. The normalized spacial score (nSPS) is 13.2. The van der Waals surface area contributed by atoms with Gasteiger partial charge in [0.2, 0.25) is 0 Å². The van der Waals surface area contributed by atoms with E-state index in [1.807, 2.05) is 11.5 Å². The Kier molecular flexibility index (Phi) is 8.08. The zero-order valence-electron chi connectivity index (χ0n) is 18.9. The van der Waals surface area contributed by atoms with Crippen molar-refractivity contribution < 1.29 is 32.2 Å². The first-order chi connectivity index (χ1) is 16.1. The summed E-state index contributed by atoms with van der Waals surface area (Å²) in [5.41, 5.74) is -0.531. The van der Waals surface area contributed by atoms with Gasteiger partial charge in [-0.3, -0.25) is 14.6 Å². The lowest BCUT2D eigenvalue weighted by molar-refractivity contribution is -0.146. The van der Waals surface area contributed by atoms with Gasteiger partial charge in [-0.1, -0.05) is 24.7 Å². The summed E-state index contributed by atoms with van der Waals surface area (Å²) in [6, 6.07) is 4.42. The number of aryl methyl sites for hydroxylation is 1. The molecule has 1 aromatic carbocycles. The molecule has 0 N–H and O–H groups in total. The molecule has 0 aliphatic rings. The highest BCUT2D eigenvalue weighted by Crippen LogP contribution is 2.33. The number of halogens is 3. The number of benzene rings is 1. The predicted molar refractivity (Wildman–Crippen MR) is 121 cm³/mol. The molecule has 0 aliphatic heterocycles. The minimum absolute atomic E-state index is 0.0800. The van der Waals surface area contributed by atoms with Gasteiger partial charge in [-0.2, -0.15) is 18.2 Å². The molecule has 182 valence electrons. The molecule has 0 spiro atoms.